The number of para-hydroxylation sites is 1. The summed E-state index contributed by atoms with van der Waals surface area (Å²) in [5, 5.41) is 7.79. The molecule has 4 rings (SSSR count). The molecule has 0 aliphatic carbocycles. The van der Waals surface area contributed by atoms with Crippen LogP contribution in [0.2, 0.25) is 0 Å². The Balaban J connectivity index is 1.55. The molecule has 0 bridgehead atoms. The van der Waals surface area contributed by atoms with Crippen LogP contribution in [0.3, 0.4) is 0 Å². The van der Waals surface area contributed by atoms with Gasteiger partial charge in [-0.25, -0.2) is 14.6 Å². The van der Waals surface area contributed by atoms with E-state index in [-0.39, 0.29) is 11.7 Å². The smallest absolute Gasteiger partial charge is 0.287 e. The quantitative estimate of drug-likeness (QED) is 0.571. The van der Waals surface area contributed by atoms with Crippen LogP contribution in [0.4, 0.5) is 0 Å². The number of carbonyl (C=O) groups is 1. The molecule has 0 radical (unpaired) electrons. The van der Waals surface area contributed by atoms with Gasteiger partial charge in [0.1, 0.15) is 18.2 Å². The molecule has 3 aromatic heterocycles. The van der Waals surface area contributed by atoms with Crippen molar-refractivity contribution in [2.24, 2.45) is 0 Å². The number of nitrogens with zero attached hydrogens (tertiary/aromatic N) is 4. The highest BCUT2D eigenvalue weighted by molar-refractivity contribution is 9.10. The Morgan fingerprint density at radius 2 is 2.20 bits per heavy atom. The van der Waals surface area contributed by atoms with Crippen LogP contribution in [-0.2, 0) is 6.54 Å². The maximum absolute atomic E-state index is 12.4. The first-order chi connectivity index (χ1) is 12.2. The van der Waals surface area contributed by atoms with Gasteiger partial charge in [0.2, 0.25) is 0 Å². The van der Waals surface area contributed by atoms with Gasteiger partial charge in [-0.2, -0.15) is 5.10 Å². The van der Waals surface area contributed by atoms with Crippen LogP contribution in [-0.4, -0.2) is 25.7 Å². The first-order valence-electron chi connectivity index (χ1n) is 7.47. The zero-order chi connectivity index (χ0) is 17.2. The number of rotatable bonds is 4. The van der Waals surface area contributed by atoms with Crippen molar-refractivity contribution in [3.05, 3.63) is 71.0 Å². The van der Waals surface area contributed by atoms with E-state index >= 15 is 0 Å². The van der Waals surface area contributed by atoms with E-state index in [0.29, 0.717) is 17.9 Å². The predicted molar refractivity (Wildman–Crippen MR) is 94.2 cm³/mol. The number of amides is 1. The monoisotopic (exact) mass is 397 g/mol. The molecule has 0 saturated carbocycles. The molecule has 1 amide bonds. The molecule has 124 valence electrons. The van der Waals surface area contributed by atoms with Crippen molar-refractivity contribution in [2.45, 2.75) is 6.54 Å². The Morgan fingerprint density at radius 3 is 3.00 bits per heavy atom. The molecule has 0 unspecified atom stereocenters. The topological polar surface area (TPSA) is 85.8 Å². The van der Waals surface area contributed by atoms with Crippen molar-refractivity contribution in [2.75, 3.05) is 0 Å². The normalized spacial score (nSPS) is 10.9. The number of aromatic nitrogens is 4. The second-order valence-electron chi connectivity index (χ2n) is 5.28. The molecular weight excluding hydrogens is 386 g/mol. The molecule has 0 aliphatic heterocycles. The van der Waals surface area contributed by atoms with E-state index in [1.807, 2.05) is 24.3 Å². The molecule has 7 nitrogen and oxygen atoms in total. The number of hydrogen-bond donors (Lipinski definition) is 1. The van der Waals surface area contributed by atoms with Gasteiger partial charge >= 0.3 is 0 Å². The predicted octanol–water partition coefficient (Wildman–Crippen LogP) is 3.10. The molecule has 0 spiro atoms. The molecule has 3 heterocycles. The lowest BCUT2D eigenvalue weighted by atomic mass is 10.2. The van der Waals surface area contributed by atoms with Gasteiger partial charge in [0.25, 0.3) is 5.91 Å². The Bertz CT molecular complexity index is 1040. The minimum Gasteiger partial charge on any atom is -0.450 e. The average Bonchev–Trinajstić information content (AvgIpc) is 3.30. The summed E-state index contributed by atoms with van der Waals surface area (Å²) >= 11 is 3.42. The summed E-state index contributed by atoms with van der Waals surface area (Å²) in [6.07, 6.45) is 4.66. The van der Waals surface area contributed by atoms with E-state index in [4.69, 9.17) is 4.42 Å². The molecule has 4 aromatic rings. The van der Waals surface area contributed by atoms with Crippen molar-refractivity contribution < 1.29 is 9.21 Å². The fourth-order valence-electron chi connectivity index (χ4n) is 2.49. The van der Waals surface area contributed by atoms with E-state index < -0.39 is 0 Å². The Morgan fingerprint density at radius 1 is 1.28 bits per heavy atom. The van der Waals surface area contributed by atoms with Gasteiger partial charge < -0.3 is 9.73 Å². The lowest BCUT2D eigenvalue weighted by Crippen LogP contribution is -2.23. The van der Waals surface area contributed by atoms with E-state index in [1.165, 1.54) is 6.33 Å². The molecular formula is C17H12BrN5O2. The SMILES string of the molecule is O=C(NCc1cccnc1-n1cncn1)c1cc2cccc(Br)c2o1. The Hall–Kier alpha value is -3.00. The number of carbonyl (C=O) groups excluding carboxylic acids is 1. The van der Waals surface area contributed by atoms with Gasteiger partial charge in [0.15, 0.2) is 11.6 Å². The van der Waals surface area contributed by atoms with Crippen molar-refractivity contribution in [3.8, 4) is 5.82 Å². The number of halogens is 1. The Kier molecular flexibility index (Phi) is 4.02. The summed E-state index contributed by atoms with van der Waals surface area (Å²) in [6.45, 7) is 0.292. The van der Waals surface area contributed by atoms with Gasteiger partial charge in [-0.1, -0.05) is 18.2 Å². The fourth-order valence-corrected chi connectivity index (χ4v) is 2.96. The number of furan rings is 1. The second kappa shape index (κ2) is 6.48. The lowest BCUT2D eigenvalue weighted by Gasteiger charge is -2.08. The van der Waals surface area contributed by atoms with Crippen LogP contribution in [0.5, 0.6) is 0 Å². The standard InChI is InChI=1S/C17H12BrN5O2/c18-13-5-1-3-11-7-14(25-15(11)13)17(24)21-8-12-4-2-6-20-16(12)23-10-19-9-22-23/h1-7,9-10H,8H2,(H,21,24). The third-order valence-electron chi connectivity index (χ3n) is 3.66. The number of pyridine rings is 1. The molecule has 1 aromatic carbocycles. The molecule has 25 heavy (non-hydrogen) atoms. The highest BCUT2D eigenvalue weighted by Gasteiger charge is 2.14. The third-order valence-corrected chi connectivity index (χ3v) is 4.29. The zero-order valence-electron chi connectivity index (χ0n) is 12.9. The van der Waals surface area contributed by atoms with Gasteiger partial charge in [-0.15, -0.1) is 0 Å². The van der Waals surface area contributed by atoms with E-state index in [2.05, 4.69) is 36.3 Å². The largest absolute Gasteiger partial charge is 0.450 e. The maximum Gasteiger partial charge on any atom is 0.287 e. The highest BCUT2D eigenvalue weighted by atomic mass is 79.9. The molecule has 0 atom stereocenters. The van der Waals surface area contributed by atoms with E-state index in [9.17, 15) is 4.79 Å². The van der Waals surface area contributed by atoms with Crippen molar-refractivity contribution >= 4 is 32.8 Å². The summed E-state index contributed by atoms with van der Waals surface area (Å²) in [7, 11) is 0. The number of benzene rings is 1. The van der Waals surface area contributed by atoms with Crippen molar-refractivity contribution in [1.29, 1.82) is 0 Å². The van der Waals surface area contributed by atoms with Crippen LogP contribution >= 0.6 is 15.9 Å². The summed E-state index contributed by atoms with van der Waals surface area (Å²) in [5.74, 6) is 0.581. The average molecular weight is 398 g/mol. The molecule has 0 aliphatic rings. The number of hydrogen-bond acceptors (Lipinski definition) is 5. The van der Waals surface area contributed by atoms with Gasteiger partial charge in [0.05, 0.1) is 4.47 Å². The van der Waals surface area contributed by atoms with Crippen molar-refractivity contribution in [3.63, 3.8) is 0 Å². The second-order valence-corrected chi connectivity index (χ2v) is 6.13. The summed E-state index contributed by atoms with van der Waals surface area (Å²) in [6, 6.07) is 11.1. The fraction of sp³-hybridized carbons (Fsp3) is 0.0588. The maximum atomic E-state index is 12.4. The summed E-state index contributed by atoms with van der Waals surface area (Å²) < 4.78 is 8.01. The first kappa shape index (κ1) is 15.5. The molecule has 0 saturated heterocycles. The van der Waals surface area contributed by atoms with Gasteiger partial charge in [-0.05, 0) is 34.1 Å². The zero-order valence-corrected chi connectivity index (χ0v) is 14.5. The van der Waals surface area contributed by atoms with E-state index in [0.717, 1.165) is 15.4 Å². The van der Waals surface area contributed by atoms with Crippen LogP contribution in [0.25, 0.3) is 16.8 Å². The minimum atomic E-state index is -0.295. The van der Waals surface area contributed by atoms with Crippen molar-refractivity contribution in [1.82, 2.24) is 25.1 Å². The van der Waals surface area contributed by atoms with E-state index in [1.54, 1.807) is 29.3 Å². The molecule has 0 fully saturated rings. The highest BCUT2D eigenvalue weighted by Crippen LogP contribution is 2.26. The summed E-state index contributed by atoms with van der Waals surface area (Å²) in [5.41, 5.74) is 1.47. The lowest BCUT2D eigenvalue weighted by molar-refractivity contribution is 0.0925. The number of nitrogens with one attached hydrogen (secondary N) is 1. The van der Waals surface area contributed by atoms with Crippen LogP contribution < -0.4 is 5.32 Å². The Labute approximate surface area is 150 Å². The molecule has 1 N–H and O–H groups in total. The third kappa shape index (κ3) is 3.03. The van der Waals surface area contributed by atoms with Gasteiger partial charge in [-0.3, -0.25) is 4.79 Å². The van der Waals surface area contributed by atoms with Crippen LogP contribution in [0.1, 0.15) is 16.1 Å². The molecule has 8 heteroatoms. The first-order valence-corrected chi connectivity index (χ1v) is 8.27. The van der Waals surface area contributed by atoms with Crippen LogP contribution in [0.15, 0.2) is 64.1 Å². The van der Waals surface area contributed by atoms with Gasteiger partial charge in [0, 0.05) is 23.7 Å². The summed E-state index contributed by atoms with van der Waals surface area (Å²) in [4.78, 5) is 20.6. The van der Waals surface area contributed by atoms with Crippen LogP contribution in [0, 0.1) is 0 Å². The number of fused-ring (bicyclic) bond motifs is 1. The minimum absolute atomic E-state index is 0.257.